The summed E-state index contributed by atoms with van der Waals surface area (Å²) in [5.74, 6) is 3.41. The average Bonchev–Trinajstić information content (AvgIpc) is 2.88. The first-order valence-electron chi connectivity index (χ1n) is 12.6. The minimum Gasteiger partial charge on any atom is -1.00 e. The van der Waals surface area contributed by atoms with Gasteiger partial charge in [-0.1, -0.05) is 100 Å². The maximum Gasteiger partial charge on any atom is 0.138 e. The highest BCUT2D eigenvalue weighted by atomic mass is 79.9. The molecule has 0 saturated carbocycles. The second-order valence-corrected chi connectivity index (χ2v) is 13.0. The molecule has 0 atom stereocenters. The topological polar surface area (TPSA) is 12.0 Å². The zero-order valence-corrected chi connectivity index (χ0v) is 24.4. The molecule has 0 fully saturated rings. The molecule has 4 aromatic carbocycles. The summed E-state index contributed by atoms with van der Waals surface area (Å²) in [6, 6.07) is 39.8. The van der Waals surface area contributed by atoms with Crippen molar-refractivity contribution in [3.05, 3.63) is 132 Å². The van der Waals surface area contributed by atoms with E-state index in [1.165, 1.54) is 38.4 Å². The van der Waals surface area contributed by atoms with Crippen molar-refractivity contribution in [2.75, 3.05) is 5.32 Å². The van der Waals surface area contributed by atoms with Crippen LogP contribution in [0.1, 0.15) is 57.6 Å². The lowest BCUT2D eigenvalue weighted by Crippen LogP contribution is -3.00. The highest BCUT2D eigenvalue weighted by Gasteiger charge is 2.44. The zero-order valence-electron chi connectivity index (χ0n) is 21.9. The number of halogens is 1. The van der Waals surface area contributed by atoms with Crippen molar-refractivity contribution in [3.63, 3.8) is 0 Å². The molecule has 0 amide bonds. The van der Waals surface area contributed by atoms with Gasteiger partial charge in [-0.05, 0) is 66.3 Å². The second kappa shape index (κ2) is 12.5. The molecular formula is C33H37BrNP. The van der Waals surface area contributed by atoms with Crippen LogP contribution >= 0.6 is 7.26 Å². The van der Waals surface area contributed by atoms with Crippen LogP contribution in [0.4, 0.5) is 5.69 Å². The van der Waals surface area contributed by atoms with Crippen molar-refractivity contribution in [2.24, 2.45) is 0 Å². The molecule has 0 radical (unpaired) electrons. The Morgan fingerprint density at radius 1 is 0.583 bits per heavy atom. The SMILES string of the molecule is CC(=C[P+](c1ccccc1)(c1ccccc1)c1ccccc1)Nc1c(C(C)C)cccc1C(C)C.[Br-]. The molecule has 0 aliphatic rings. The van der Waals surface area contributed by atoms with Gasteiger partial charge in [0, 0.05) is 11.4 Å². The Balaban J connectivity index is 0.00000361. The van der Waals surface area contributed by atoms with Crippen molar-refractivity contribution >= 4 is 28.9 Å². The maximum absolute atomic E-state index is 3.90. The van der Waals surface area contributed by atoms with Gasteiger partial charge in [0.05, 0.1) is 5.82 Å². The minimum atomic E-state index is -2.05. The van der Waals surface area contributed by atoms with E-state index in [-0.39, 0.29) is 17.0 Å². The number of hydrogen-bond donors (Lipinski definition) is 1. The average molecular weight is 559 g/mol. The van der Waals surface area contributed by atoms with E-state index in [0.29, 0.717) is 11.8 Å². The Morgan fingerprint density at radius 3 is 1.28 bits per heavy atom. The molecule has 3 heteroatoms. The zero-order chi connectivity index (χ0) is 24.8. The molecule has 1 nitrogen and oxygen atoms in total. The second-order valence-electron chi connectivity index (χ2n) is 9.79. The van der Waals surface area contributed by atoms with Crippen LogP contribution in [-0.4, -0.2) is 0 Å². The number of rotatable bonds is 8. The first-order chi connectivity index (χ1) is 16.9. The molecule has 1 N–H and O–H groups in total. The molecule has 186 valence electrons. The number of anilines is 1. The van der Waals surface area contributed by atoms with E-state index >= 15 is 0 Å². The molecule has 0 saturated heterocycles. The van der Waals surface area contributed by atoms with Crippen molar-refractivity contribution < 1.29 is 17.0 Å². The fraction of sp³-hybridized carbons (Fsp3) is 0.212. The van der Waals surface area contributed by atoms with Gasteiger partial charge in [0.1, 0.15) is 23.2 Å². The Kier molecular flexibility index (Phi) is 9.71. The predicted octanol–water partition coefficient (Wildman–Crippen LogP) is 5.20. The number of para-hydroxylation sites is 1. The molecule has 0 aromatic heterocycles. The van der Waals surface area contributed by atoms with Crippen molar-refractivity contribution in [1.82, 2.24) is 0 Å². The summed E-state index contributed by atoms with van der Waals surface area (Å²) < 4.78 is 0. The third-order valence-corrected chi connectivity index (χ3v) is 10.7. The Hall–Kier alpha value is -2.67. The van der Waals surface area contributed by atoms with Gasteiger partial charge < -0.3 is 22.3 Å². The fourth-order valence-corrected chi connectivity index (χ4v) is 8.79. The van der Waals surface area contributed by atoms with Gasteiger partial charge in [-0.3, -0.25) is 0 Å². The van der Waals surface area contributed by atoms with E-state index in [1.54, 1.807) is 0 Å². The standard InChI is InChI=1S/C33H37NP.BrH/c1-25(2)31-22-15-23-32(26(3)4)33(31)34-27(5)24-35(28-16-9-6-10-17-28,29-18-11-7-12-19-29)30-20-13-8-14-21-30;/h6-26,34H,1-5H3;1H/q+1;/p-1. The molecule has 0 bridgehead atoms. The summed E-state index contributed by atoms with van der Waals surface area (Å²) in [6.45, 7) is 11.3. The van der Waals surface area contributed by atoms with Gasteiger partial charge in [-0.15, -0.1) is 0 Å². The van der Waals surface area contributed by atoms with Gasteiger partial charge >= 0.3 is 0 Å². The molecule has 0 unspecified atom stereocenters. The normalized spacial score (nSPS) is 11.9. The van der Waals surface area contributed by atoms with E-state index in [4.69, 9.17) is 0 Å². The Labute approximate surface area is 228 Å². The van der Waals surface area contributed by atoms with Crippen molar-refractivity contribution in [1.29, 1.82) is 0 Å². The summed E-state index contributed by atoms with van der Waals surface area (Å²) >= 11 is 0. The summed E-state index contributed by atoms with van der Waals surface area (Å²) in [6.07, 6.45) is 0. The first kappa shape index (κ1) is 27.9. The lowest BCUT2D eigenvalue weighted by Gasteiger charge is -2.26. The predicted molar refractivity (Wildman–Crippen MR) is 157 cm³/mol. The number of hydrogen-bond acceptors (Lipinski definition) is 1. The largest absolute Gasteiger partial charge is 1.00 e. The summed E-state index contributed by atoms with van der Waals surface area (Å²) in [7, 11) is -2.05. The molecule has 0 spiro atoms. The third-order valence-electron chi connectivity index (χ3n) is 6.57. The maximum atomic E-state index is 3.90. The Bertz CT molecular complexity index is 1140. The van der Waals surface area contributed by atoms with Crippen LogP contribution in [0.15, 0.2) is 121 Å². The summed E-state index contributed by atoms with van der Waals surface area (Å²) in [4.78, 5) is 0. The van der Waals surface area contributed by atoms with Crippen LogP contribution in [0.2, 0.25) is 0 Å². The summed E-state index contributed by atoms with van der Waals surface area (Å²) in [5.41, 5.74) is 5.18. The van der Waals surface area contributed by atoms with Crippen molar-refractivity contribution in [2.45, 2.75) is 46.5 Å². The molecule has 0 aliphatic carbocycles. The smallest absolute Gasteiger partial charge is 0.138 e. The van der Waals surface area contributed by atoms with Crippen LogP contribution in [0, 0.1) is 0 Å². The van der Waals surface area contributed by atoms with Gasteiger partial charge in [-0.25, -0.2) is 0 Å². The lowest BCUT2D eigenvalue weighted by atomic mass is 9.92. The molecule has 0 heterocycles. The Morgan fingerprint density at radius 2 is 0.944 bits per heavy atom. The van der Waals surface area contributed by atoms with Crippen LogP contribution in [-0.2, 0) is 0 Å². The van der Waals surface area contributed by atoms with Gasteiger partial charge in [0.2, 0.25) is 0 Å². The van der Waals surface area contributed by atoms with Crippen LogP contribution in [0.5, 0.6) is 0 Å². The summed E-state index contributed by atoms with van der Waals surface area (Å²) in [5, 5.41) is 7.98. The molecule has 36 heavy (non-hydrogen) atoms. The minimum absolute atomic E-state index is 0. The highest BCUT2D eigenvalue weighted by molar-refractivity contribution is 7.98. The molecular weight excluding hydrogens is 521 g/mol. The highest BCUT2D eigenvalue weighted by Crippen LogP contribution is 2.57. The first-order valence-corrected chi connectivity index (χ1v) is 14.4. The number of benzene rings is 4. The van der Waals surface area contributed by atoms with Gasteiger partial charge in [0.15, 0.2) is 0 Å². The number of allylic oxidation sites excluding steroid dienone is 1. The lowest BCUT2D eigenvalue weighted by molar-refractivity contribution is -0.00000721. The van der Waals surface area contributed by atoms with E-state index in [9.17, 15) is 0 Å². The quantitative estimate of drug-likeness (QED) is 0.293. The number of nitrogens with one attached hydrogen (secondary N) is 1. The molecule has 4 aromatic rings. The van der Waals surface area contributed by atoms with Gasteiger partial charge in [0.25, 0.3) is 0 Å². The van der Waals surface area contributed by atoms with E-state index in [0.717, 1.165) is 0 Å². The fourth-order valence-electron chi connectivity index (χ4n) is 4.88. The van der Waals surface area contributed by atoms with Gasteiger partial charge in [-0.2, -0.15) is 0 Å². The van der Waals surface area contributed by atoms with E-state index in [1.807, 2.05) is 0 Å². The van der Waals surface area contributed by atoms with Crippen LogP contribution < -0.4 is 38.2 Å². The van der Waals surface area contributed by atoms with Crippen LogP contribution in [0.3, 0.4) is 0 Å². The molecule has 4 rings (SSSR count). The molecule has 0 aliphatic heterocycles. The van der Waals surface area contributed by atoms with Crippen molar-refractivity contribution in [3.8, 4) is 0 Å². The van der Waals surface area contributed by atoms with E-state index < -0.39 is 7.26 Å². The third kappa shape index (κ3) is 5.83. The monoisotopic (exact) mass is 557 g/mol. The van der Waals surface area contributed by atoms with E-state index in [2.05, 4.69) is 155 Å². The van der Waals surface area contributed by atoms with Crippen LogP contribution in [0.25, 0.3) is 0 Å².